The minimum atomic E-state index is -2.55. The molecule has 0 saturated carbocycles. The molecule has 0 aliphatic heterocycles. The van der Waals surface area contributed by atoms with Crippen LogP contribution < -0.4 is 0 Å². The van der Waals surface area contributed by atoms with Crippen LogP contribution in [0.4, 0.5) is 0 Å². The van der Waals surface area contributed by atoms with E-state index in [-0.39, 0.29) is 0 Å². The topological polar surface area (TPSA) is 53.6 Å². The normalized spacial score (nSPS) is 11.7. The lowest BCUT2D eigenvalue weighted by Gasteiger charge is -2.23. The van der Waals surface area contributed by atoms with Crippen molar-refractivity contribution in [2.45, 2.75) is 18.7 Å². The van der Waals surface area contributed by atoms with E-state index >= 15 is 0 Å². The molecule has 3 nitrogen and oxygen atoms in total. The molecule has 0 amide bonds. The minimum absolute atomic E-state index is 0.447. The van der Waals surface area contributed by atoms with Crippen molar-refractivity contribution < 1.29 is 13.5 Å². The smallest absolute Gasteiger partial charge is 0.113 e. The second-order valence-electron chi connectivity index (χ2n) is 1.79. The van der Waals surface area contributed by atoms with Crippen molar-refractivity contribution in [2.24, 2.45) is 0 Å². The number of hydrogen-bond donors (Lipinski definition) is 2. The Labute approximate surface area is 68.4 Å². The van der Waals surface area contributed by atoms with E-state index in [9.17, 15) is 0 Å². The Morgan fingerprint density at radius 3 is 2.09 bits per heavy atom. The standard InChI is InChI=1S/C5H8O3S.C2H6/c1-9(6,7)5-2-3-8-4-5;1-2/h2-4,6-7H,1H3;1-2H3. The number of rotatable bonds is 1. The second kappa shape index (κ2) is 4.43. The molecule has 0 aromatic carbocycles. The minimum Gasteiger partial charge on any atom is -0.471 e. The first-order valence-electron chi connectivity index (χ1n) is 3.36. The zero-order chi connectivity index (χ0) is 8.91. The molecule has 1 aromatic heterocycles. The average Bonchev–Trinajstić information content (AvgIpc) is 2.40. The molecule has 0 aliphatic carbocycles. The molecule has 0 fully saturated rings. The third-order valence-corrected chi connectivity index (χ3v) is 2.07. The lowest BCUT2D eigenvalue weighted by molar-refractivity contribution is 0.491. The molecule has 11 heavy (non-hydrogen) atoms. The van der Waals surface area contributed by atoms with Crippen molar-refractivity contribution in [1.29, 1.82) is 0 Å². The highest BCUT2D eigenvalue weighted by molar-refractivity contribution is 8.23. The first-order chi connectivity index (χ1) is 5.11. The molecular weight excluding hydrogens is 164 g/mol. The van der Waals surface area contributed by atoms with Crippen molar-refractivity contribution in [3.63, 3.8) is 0 Å². The van der Waals surface area contributed by atoms with Crippen LogP contribution in [0, 0.1) is 0 Å². The van der Waals surface area contributed by atoms with Crippen molar-refractivity contribution in [1.82, 2.24) is 0 Å². The van der Waals surface area contributed by atoms with Gasteiger partial charge in [-0.05, 0) is 6.07 Å². The van der Waals surface area contributed by atoms with Crippen LogP contribution >= 0.6 is 10.6 Å². The molecular formula is C7H14O3S. The number of hydrogen-bond acceptors (Lipinski definition) is 3. The third kappa shape index (κ3) is 3.46. The molecule has 2 N–H and O–H groups in total. The highest BCUT2D eigenvalue weighted by Crippen LogP contribution is 2.43. The Hall–Kier alpha value is -0.450. The Morgan fingerprint density at radius 2 is 1.91 bits per heavy atom. The SMILES string of the molecule is CC.CS(O)(O)c1ccoc1. The molecule has 0 unspecified atom stereocenters. The van der Waals surface area contributed by atoms with Crippen molar-refractivity contribution in [2.75, 3.05) is 6.26 Å². The van der Waals surface area contributed by atoms with Gasteiger partial charge in [0.25, 0.3) is 0 Å². The molecule has 0 saturated heterocycles. The van der Waals surface area contributed by atoms with Crippen LogP contribution in [0.1, 0.15) is 13.8 Å². The van der Waals surface area contributed by atoms with Gasteiger partial charge in [-0.2, -0.15) is 10.6 Å². The quantitative estimate of drug-likeness (QED) is 0.695. The molecule has 1 rings (SSSR count). The van der Waals surface area contributed by atoms with Crippen LogP contribution in [0.3, 0.4) is 0 Å². The predicted molar refractivity (Wildman–Crippen MR) is 47.1 cm³/mol. The van der Waals surface area contributed by atoms with E-state index in [0.29, 0.717) is 4.90 Å². The Morgan fingerprint density at radius 1 is 1.36 bits per heavy atom. The molecule has 0 radical (unpaired) electrons. The summed E-state index contributed by atoms with van der Waals surface area (Å²) < 4.78 is 22.6. The molecule has 1 aromatic rings. The van der Waals surface area contributed by atoms with E-state index in [0.717, 1.165) is 0 Å². The van der Waals surface area contributed by atoms with Gasteiger partial charge in [-0.1, -0.05) is 13.8 Å². The first kappa shape index (κ1) is 10.6. The summed E-state index contributed by atoms with van der Waals surface area (Å²) in [7, 11) is -2.55. The van der Waals surface area contributed by atoms with Gasteiger partial charge in [0, 0.05) is 6.26 Å². The maximum Gasteiger partial charge on any atom is 0.113 e. The third-order valence-electron chi connectivity index (χ3n) is 0.942. The highest BCUT2D eigenvalue weighted by atomic mass is 32.3. The summed E-state index contributed by atoms with van der Waals surface area (Å²) in [6, 6.07) is 1.54. The van der Waals surface area contributed by atoms with Gasteiger partial charge in [-0.25, -0.2) is 0 Å². The lowest BCUT2D eigenvalue weighted by Crippen LogP contribution is -1.90. The van der Waals surface area contributed by atoms with E-state index < -0.39 is 10.6 Å². The second-order valence-corrected chi connectivity index (χ2v) is 3.93. The van der Waals surface area contributed by atoms with Gasteiger partial charge >= 0.3 is 0 Å². The molecule has 0 bridgehead atoms. The Bertz CT molecular complexity index is 176. The maximum absolute atomic E-state index is 8.96. The van der Waals surface area contributed by atoms with Crippen LogP contribution in [0.5, 0.6) is 0 Å². The summed E-state index contributed by atoms with van der Waals surface area (Å²) in [6.45, 7) is 4.00. The summed E-state index contributed by atoms with van der Waals surface area (Å²) >= 11 is 0. The van der Waals surface area contributed by atoms with Gasteiger partial charge in [-0.15, -0.1) is 0 Å². The zero-order valence-corrected chi connectivity index (χ0v) is 7.76. The number of furan rings is 1. The summed E-state index contributed by atoms with van der Waals surface area (Å²) in [4.78, 5) is 0.447. The summed E-state index contributed by atoms with van der Waals surface area (Å²) in [5.74, 6) is 0. The predicted octanol–water partition coefficient (Wildman–Crippen LogP) is 3.05. The fourth-order valence-electron chi connectivity index (χ4n) is 0.472. The van der Waals surface area contributed by atoms with Gasteiger partial charge in [0.15, 0.2) is 0 Å². The van der Waals surface area contributed by atoms with E-state index in [1.165, 1.54) is 24.8 Å². The van der Waals surface area contributed by atoms with E-state index in [2.05, 4.69) is 4.42 Å². The monoisotopic (exact) mass is 178 g/mol. The summed E-state index contributed by atoms with van der Waals surface area (Å²) in [5, 5.41) is 0. The van der Waals surface area contributed by atoms with E-state index in [1.807, 2.05) is 13.8 Å². The maximum atomic E-state index is 8.96. The fourth-order valence-corrected chi connectivity index (χ4v) is 1.02. The summed E-state index contributed by atoms with van der Waals surface area (Å²) in [6.07, 6.45) is 4.10. The molecule has 4 heteroatoms. The van der Waals surface area contributed by atoms with Gasteiger partial charge in [0.05, 0.1) is 11.2 Å². The first-order valence-corrected chi connectivity index (χ1v) is 5.31. The van der Waals surface area contributed by atoms with Crippen LogP contribution in [0.15, 0.2) is 27.9 Å². The lowest BCUT2D eigenvalue weighted by atomic mass is 10.7. The fraction of sp³-hybridized carbons (Fsp3) is 0.429. The van der Waals surface area contributed by atoms with Gasteiger partial charge in [0.1, 0.15) is 6.26 Å². The summed E-state index contributed by atoms with van der Waals surface area (Å²) in [5.41, 5.74) is 0. The zero-order valence-electron chi connectivity index (χ0n) is 6.94. The average molecular weight is 178 g/mol. The van der Waals surface area contributed by atoms with Crippen molar-refractivity contribution >= 4 is 10.6 Å². The van der Waals surface area contributed by atoms with Gasteiger partial charge in [0.2, 0.25) is 0 Å². The van der Waals surface area contributed by atoms with Gasteiger partial charge < -0.3 is 4.42 Å². The van der Waals surface area contributed by atoms with Crippen molar-refractivity contribution in [3.8, 4) is 0 Å². The molecule has 0 aliphatic rings. The van der Waals surface area contributed by atoms with Crippen LogP contribution in [0.2, 0.25) is 0 Å². The van der Waals surface area contributed by atoms with Crippen molar-refractivity contribution in [3.05, 3.63) is 18.6 Å². The van der Waals surface area contributed by atoms with Gasteiger partial charge in [-0.3, -0.25) is 9.11 Å². The Balaban J connectivity index is 0.000000461. The Kier molecular flexibility index (Phi) is 4.25. The largest absolute Gasteiger partial charge is 0.471 e. The van der Waals surface area contributed by atoms with E-state index in [4.69, 9.17) is 9.11 Å². The van der Waals surface area contributed by atoms with E-state index in [1.54, 1.807) is 0 Å². The molecule has 1 heterocycles. The highest BCUT2D eigenvalue weighted by Gasteiger charge is 2.07. The molecule has 0 spiro atoms. The molecule has 66 valence electrons. The molecule has 0 atom stereocenters. The van der Waals surface area contributed by atoms with Crippen LogP contribution in [-0.4, -0.2) is 15.4 Å². The van der Waals surface area contributed by atoms with Crippen LogP contribution in [0.25, 0.3) is 0 Å². The van der Waals surface area contributed by atoms with Crippen LogP contribution in [-0.2, 0) is 0 Å².